The first-order valence-corrected chi connectivity index (χ1v) is 7.84. The number of hydrogen-bond acceptors (Lipinski definition) is 4. The second-order valence-electron chi connectivity index (χ2n) is 6.22. The quantitative estimate of drug-likeness (QED) is 0.938. The van der Waals surface area contributed by atoms with Gasteiger partial charge in [0.15, 0.2) is 0 Å². The largest absolute Gasteiger partial charge is 0.459 e. The molecule has 1 unspecified atom stereocenters. The van der Waals surface area contributed by atoms with Gasteiger partial charge >= 0.3 is 0 Å². The van der Waals surface area contributed by atoms with Crippen molar-refractivity contribution in [2.24, 2.45) is 5.73 Å². The van der Waals surface area contributed by atoms with Crippen LogP contribution in [0.25, 0.3) is 11.0 Å². The molecule has 0 aliphatic carbocycles. The van der Waals surface area contributed by atoms with Gasteiger partial charge in [0.05, 0.1) is 6.04 Å². The molecule has 1 fully saturated rings. The summed E-state index contributed by atoms with van der Waals surface area (Å²) in [5, 5.41) is 1.13. The Morgan fingerprint density at radius 2 is 1.86 bits per heavy atom. The van der Waals surface area contributed by atoms with Crippen molar-refractivity contribution in [3.8, 4) is 0 Å². The van der Waals surface area contributed by atoms with Gasteiger partial charge in [-0.1, -0.05) is 18.2 Å². The number of nitrogens with zero attached hydrogens (tertiary/aromatic N) is 2. The lowest BCUT2D eigenvalue weighted by molar-refractivity contribution is 0.103. The van der Waals surface area contributed by atoms with E-state index in [2.05, 4.69) is 35.8 Å². The van der Waals surface area contributed by atoms with Crippen LogP contribution in [0.4, 0.5) is 0 Å². The minimum Gasteiger partial charge on any atom is -0.459 e. The SMILES string of the molecule is CC(C)N1CCN(CC(N)c2cc3ccccc3o2)CC1. The van der Waals surface area contributed by atoms with Crippen LogP contribution in [0.3, 0.4) is 0 Å². The maximum absolute atomic E-state index is 6.34. The first-order chi connectivity index (χ1) is 10.1. The Bertz CT molecular complexity index is 551. The number of nitrogens with two attached hydrogens (primary N) is 1. The summed E-state index contributed by atoms with van der Waals surface area (Å²) in [7, 11) is 0. The molecule has 2 heterocycles. The van der Waals surface area contributed by atoms with E-state index in [1.165, 1.54) is 0 Å². The zero-order valence-corrected chi connectivity index (χ0v) is 13.0. The second kappa shape index (κ2) is 6.18. The number of furan rings is 1. The smallest absolute Gasteiger partial charge is 0.134 e. The summed E-state index contributed by atoms with van der Waals surface area (Å²) in [5.74, 6) is 0.891. The highest BCUT2D eigenvalue weighted by molar-refractivity contribution is 5.77. The van der Waals surface area contributed by atoms with Crippen molar-refractivity contribution in [3.05, 3.63) is 36.1 Å². The summed E-state index contributed by atoms with van der Waals surface area (Å²) in [6.07, 6.45) is 0. The Kier molecular flexibility index (Phi) is 4.29. The maximum Gasteiger partial charge on any atom is 0.134 e. The molecule has 1 aromatic carbocycles. The molecule has 4 nitrogen and oxygen atoms in total. The van der Waals surface area contributed by atoms with Crippen LogP contribution >= 0.6 is 0 Å². The summed E-state index contributed by atoms with van der Waals surface area (Å²) < 4.78 is 5.87. The molecule has 0 bridgehead atoms. The van der Waals surface area contributed by atoms with Gasteiger partial charge in [0.25, 0.3) is 0 Å². The molecular weight excluding hydrogens is 262 g/mol. The van der Waals surface area contributed by atoms with Crippen LogP contribution in [0.1, 0.15) is 25.6 Å². The molecule has 0 spiro atoms. The van der Waals surface area contributed by atoms with Gasteiger partial charge in [-0.05, 0) is 26.0 Å². The van der Waals surface area contributed by atoms with Crippen LogP contribution in [-0.2, 0) is 0 Å². The molecule has 0 amide bonds. The average Bonchev–Trinajstić information content (AvgIpc) is 2.92. The zero-order chi connectivity index (χ0) is 14.8. The molecule has 2 N–H and O–H groups in total. The fraction of sp³-hybridized carbons (Fsp3) is 0.529. The molecule has 21 heavy (non-hydrogen) atoms. The lowest BCUT2D eigenvalue weighted by atomic mass is 10.1. The summed E-state index contributed by atoms with van der Waals surface area (Å²) in [6, 6.07) is 10.7. The van der Waals surface area contributed by atoms with E-state index in [0.29, 0.717) is 6.04 Å². The predicted molar refractivity (Wildman–Crippen MR) is 86.3 cm³/mol. The van der Waals surface area contributed by atoms with Crippen LogP contribution in [0, 0.1) is 0 Å². The molecule has 1 aromatic heterocycles. The summed E-state index contributed by atoms with van der Waals surface area (Å²) >= 11 is 0. The molecule has 114 valence electrons. The van der Waals surface area contributed by atoms with Gasteiger partial charge in [-0.15, -0.1) is 0 Å². The van der Waals surface area contributed by atoms with E-state index in [4.69, 9.17) is 10.2 Å². The van der Waals surface area contributed by atoms with Crippen molar-refractivity contribution < 1.29 is 4.42 Å². The van der Waals surface area contributed by atoms with E-state index >= 15 is 0 Å². The zero-order valence-electron chi connectivity index (χ0n) is 13.0. The minimum absolute atomic E-state index is 0.0528. The number of fused-ring (bicyclic) bond motifs is 1. The van der Waals surface area contributed by atoms with E-state index in [1.807, 2.05) is 18.2 Å². The number of piperazine rings is 1. The highest BCUT2D eigenvalue weighted by atomic mass is 16.3. The molecule has 1 aliphatic rings. The average molecular weight is 287 g/mol. The van der Waals surface area contributed by atoms with Gasteiger partial charge in [-0.3, -0.25) is 9.80 Å². The highest BCUT2D eigenvalue weighted by Gasteiger charge is 2.22. The van der Waals surface area contributed by atoms with E-state index < -0.39 is 0 Å². The molecule has 1 atom stereocenters. The van der Waals surface area contributed by atoms with Crippen molar-refractivity contribution in [1.29, 1.82) is 0 Å². The molecule has 1 aliphatic heterocycles. The Morgan fingerprint density at radius 3 is 2.52 bits per heavy atom. The monoisotopic (exact) mass is 287 g/mol. The van der Waals surface area contributed by atoms with E-state index in [0.717, 1.165) is 49.5 Å². The van der Waals surface area contributed by atoms with E-state index in [9.17, 15) is 0 Å². The van der Waals surface area contributed by atoms with Crippen molar-refractivity contribution in [2.45, 2.75) is 25.9 Å². The number of rotatable bonds is 4. The van der Waals surface area contributed by atoms with Gasteiger partial charge < -0.3 is 10.2 Å². The third-order valence-electron chi connectivity index (χ3n) is 4.40. The van der Waals surface area contributed by atoms with Crippen molar-refractivity contribution >= 4 is 11.0 Å². The fourth-order valence-electron chi connectivity index (χ4n) is 3.02. The van der Waals surface area contributed by atoms with Gasteiger partial charge in [-0.2, -0.15) is 0 Å². The van der Waals surface area contributed by atoms with Crippen LogP contribution in [-0.4, -0.2) is 48.6 Å². The number of para-hydroxylation sites is 1. The third-order valence-corrected chi connectivity index (χ3v) is 4.40. The first-order valence-electron chi connectivity index (χ1n) is 7.84. The highest BCUT2D eigenvalue weighted by Crippen LogP contribution is 2.23. The van der Waals surface area contributed by atoms with Crippen LogP contribution < -0.4 is 5.73 Å². The molecule has 2 aromatic rings. The fourth-order valence-corrected chi connectivity index (χ4v) is 3.02. The second-order valence-corrected chi connectivity index (χ2v) is 6.22. The lowest BCUT2D eigenvalue weighted by Gasteiger charge is -2.37. The Labute approximate surface area is 126 Å². The lowest BCUT2D eigenvalue weighted by Crippen LogP contribution is -2.50. The summed E-state index contributed by atoms with van der Waals surface area (Å²) in [5.41, 5.74) is 7.26. The van der Waals surface area contributed by atoms with Gasteiger partial charge in [0.1, 0.15) is 11.3 Å². The van der Waals surface area contributed by atoms with Crippen LogP contribution in [0.2, 0.25) is 0 Å². The topological polar surface area (TPSA) is 45.6 Å². The molecule has 4 heteroatoms. The summed E-state index contributed by atoms with van der Waals surface area (Å²) in [4.78, 5) is 4.96. The maximum atomic E-state index is 6.34. The molecular formula is C17H25N3O. The summed E-state index contributed by atoms with van der Waals surface area (Å²) in [6.45, 7) is 9.82. The number of benzene rings is 1. The Morgan fingerprint density at radius 1 is 1.14 bits per heavy atom. The van der Waals surface area contributed by atoms with Crippen molar-refractivity contribution in [1.82, 2.24) is 9.80 Å². The molecule has 0 saturated carbocycles. The Balaban J connectivity index is 1.60. The predicted octanol–water partition coefficient (Wildman–Crippen LogP) is 2.46. The van der Waals surface area contributed by atoms with Crippen molar-refractivity contribution in [2.75, 3.05) is 32.7 Å². The normalized spacial score (nSPS) is 19.4. The van der Waals surface area contributed by atoms with Crippen LogP contribution in [0.5, 0.6) is 0 Å². The van der Waals surface area contributed by atoms with E-state index in [1.54, 1.807) is 0 Å². The van der Waals surface area contributed by atoms with Gasteiger partial charge in [-0.25, -0.2) is 0 Å². The number of hydrogen-bond donors (Lipinski definition) is 1. The van der Waals surface area contributed by atoms with Crippen molar-refractivity contribution in [3.63, 3.8) is 0 Å². The third kappa shape index (κ3) is 3.28. The van der Waals surface area contributed by atoms with Crippen LogP contribution in [0.15, 0.2) is 34.7 Å². The Hall–Kier alpha value is -1.36. The van der Waals surface area contributed by atoms with Gasteiger partial charge in [0.2, 0.25) is 0 Å². The molecule has 1 saturated heterocycles. The minimum atomic E-state index is -0.0528. The molecule has 0 radical (unpaired) electrons. The standard InChI is InChI=1S/C17H25N3O/c1-13(2)20-9-7-19(8-10-20)12-15(18)17-11-14-5-3-4-6-16(14)21-17/h3-6,11,13,15H,7-10,12,18H2,1-2H3. The molecule has 3 rings (SSSR count). The van der Waals surface area contributed by atoms with E-state index in [-0.39, 0.29) is 6.04 Å². The first kappa shape index (κ1) is 14.6. The van der Waals surface area contributed by atoms with Gasteiger partial charge in [0, 0.05) is 44.2 Å².